The van der Waals surface area contributed by atoms with Gasteiger partial charge in [0.05, 0.1) is 21.8 Å². The highest BCUT2D eigenvalue weighted by Gasteiger charge is 2.22. The molecule has 0 fully saturated rings. The van der Waals surface area contributed by atoms with Crippen molar-refractivity contribution in [2.75, 3.05) is 11.1 Å². The molecule has 7 nitrogen and oxygen atoms in total. The van der Waals surface area contributed by atoms with Crippen molar-refractivity contribution in [3.8, 4) is 0 Å². The van der Waals surface area contributed by atoms with E-state index < -0.39 is 5.91 Å². The van der Waals surface area contributed by atoms with Crippen molar-refractivity contribution in [2.45, 2.75) is 20.4 Å². The topological polar surface area (TPSA) is 116 Å². The Bertz CT molecular complexity index is 716. The number of primary amides is 1. The number of thiophene rings is 1. The van der Waals surface area contributed by atoms with E-state index in [-0.39, 0.29) is 17.0 Å². The van der Waals surface area contributed by atoms with E-state index in [2.05, 4.69) is 10.4 Å². The molecule has 8 heteroatoms. The minimum Gasteiger partial charge on any atom is -0.397 e. The van der Waals surface area contributed by atoms with Crippen LogP contribution in [0.3, 0.4) is 0 Å². The molecule has 0 aliphatic rings. The van der Waals surface area contributed by atoms with E-state index in [0.717, 1.165) is 22.6 Å². The van der Waals surface area contributed by atoms with E-state index in [9.17, 15) is 9.59 Å². The number of aromatic nitrogens is 2. The Balaban J connectivity index is 2.31. The molecule has 5 N–H and O–H groups in total. The molecule has 0 aliphatic heterocycles. The average molecular weight is 307 g/mol. The van der Waals surface area contributed by atoms with Crippen molar-refractivity contribution < 1.29 is 9.59 Å². The zero-order valence-electron chi connectivity index (χ0n) is 12.1. The van der Waals surface area contributed by atoms with Gasteiger partial charge in [0, 0.05) is 32.3 Å². The minimum absolute atomic E-state index is 0.144. The third kappa shape index (κ3) is 2.89. The Hall–Kier alpha value is -2.35. The number of carbonyl (C=O) groups excluding carboxylic acids is 2. The number of carbonyl (C=O) groups is 2. The van der Waals surface area contributed by atoms with Gasteiger partial charge in [-0.3, -0.25) is 14.3 Å². The van der Waals surface area contributed by atoms with Crippen LogP contribution in [0.25, 0.3) is 0 Å². The van der Waals surface area contributed by atoms with E-state index in [0.29, 0.717) is 16.4 Å². The highest BCUT2D eigenvalue weighted by Crippen LogP contribution is 2.36. The van der Waals surface area contributed by atoms with Crippen LogP contribution in [0.1, 0.15) is 38.2 Å². The molecule has 0 aliphatic carbocycles. The predicted molar refractivity (Wildman–Crippen MR) is 82.5 cm³/mol. The summed E-state index contributed by atoms with van der Waals surface area (Å²) in [5.41, 5.74) is 13.4. The first-order valence-electron chi connectivity index (χ1n) is 6.27. The number of nitrogens with two attached hydrogens (primary N) is 2. The van der Waals surface area contributed by atoms with Gasteiger partial charge in [0.25, 0.3) is 5.91 Å². The number of nitrogen functional groups attached to an aromatic ring is 1. The second-order valence-electron chi connectivity index (χ2n) is 4.74. The highest BCUT2D eigenvalue weighted by atomic mass is 32.1. The van der Waals surface area contributed by atoms with Crippen LogP contribution in [0, 0.1) is 6.92 Å². The summed E-state index contributed by atoms with van der Waals surface area (Å²) in [5.74, 6) is -0.840. The summed E-state index contributed by atoms with van der Waals surface area (Å²) < 4.78 is 1.71. The first-order chi connectivity index (χ1) is 9.81. The molecule has 0 spiro atoms. The van der Waals surface area contributed by atoms with Gasteiger partial charge in [-0.15, -0.1) is 11.3 Å². The summed E-state index contributed by atoms with van der Waals surface area (Å²) in [6, 6.07) is 0. The molecule has 0 unspecified atom stereocenters. The summed E-state index contributed by atoms with van der Waals surface area (Å²) in [4.78, 5) is 23.4. The number of aryl methyl sites for hydroxylation is 2. The maximum Gasteiger partial charge on any atom is 0.253 e. The van der Waals surface area contributed by atoms with Gasteiger partial charge in [0.1, 0.15) is 5.00 Å². The lowest BCUT2D eigenvalue weighted by Crippen LogP contribution is -2.15. The molecule has 1 amide bonds. The van der Waals surface area contributed by atoms with Gasteiger partial charge in [-0.1, -0.05) is 0 Å². The summed E-state index contributed by atoms with van der Waals surface area (Å²) >= 11 is 1.14. The predicted octanol–water partition coefficient (Wildman–Crippen LogP) is 1.29. The number of Topliss-reactive ketones (excluding diaryl/α,β-unsaturated/α-hetero) is 1. The number of amides is 1. The van der Waals surface area contributed by atoms with Crippen molar-refractivity contribution in [3.05, 3.63) is 27.9 Å². The van der Waals surface area contributed by atoms with E-state index in [1.165, 1.54) is 6.92 Å². The summed E-state index contributed by atoms with van der Waals surface area (Å²) in [5, 5.41) is 7.86. The monoisotopic (exact) mass is 307 g/mol. The fourth-order valence-electron chi connectivity index (χ4n) is 2.07. The lowest BCUT2D eigenvalue weighted by Gasteiger charge is -2.05. The summed E-state index contributed by atoms with van der Waals surface area (Å²) in [7, 11) is 1.84. The fraction of sp³-hybridized carbons (Fsp3) is 0.308. The van der Waals surface area contributed by atoms with Crippen molar-refractivity contribution in [1.29, 1.82) is 0 Å². The quantitative estimate of drug-likeness (QED) is 0.720. The van der Waals surface area contributed by atoms with Gasteiger partial charge < -0.3 is 16.8 Å². The molecule has 2 aromatic rings. The number of nitrogens with zero attached hydrogens (tertiary/aromatic N) is 2. The molecule has 0 atom stereocenters. The van der Waals surface area contributed by atoms with Gasteiger partial charge >= 0.3 is 0 Å². The van der Waals surface area contributed by atoms with Crippen LogP contribution in [0.2, 0.25) is 0 Å². The minimum atomic E-state index is -0.651. The smallest absolute Gasteiger partial charge is 0.253 e. The van der Waals surface area contributed by atoms with E-state index in [1.54, 1.807) is 4.68 Å². The zero-order chi connectivity index (χ0) is 15.7. The Kier molecular flexibility index (Phi) is 3.99. The van der Waals surface area contributed by atoms with Gasteiger partial charge in [-0.25, -0.2) is 0 Å². The third-order valence-electron chi connectivity index (χ3n) is 3.07. The highest BCUT2D eigenvalue weighted by molar-refractivity contribution is 7.19. The molecule has 2 rings (SSSR count). The number of ketones is 1. The number of rotatable bonds is 5. The normalized spacial score (nSPS) is 10.6. The van der Waals surface area contributed by atoms with Gasteiger partial charge in [-0.2, -0.15) is 5.10 Å². The van der Waals surface area contributed by atoms with Crippen molar-refractivity contribution in [2.24, 2.45) is 12.8 Å². The van der Waals surface area contributed by atoms with Crippen LogP contribution in [0.5, 0.6) is 0 Å². The second-order valence-corrected chi connectivity index (χ2v) is 5.76. The van der Waals surface area contributed by atoms with E-state index in [1.807, 2.05) is 20.2 Å². The van der Waals surface area contributed by atoms with Crippen molar-refractivity contribution in [1.82, 2.24) is 9.78 Å². The van der Waals surface area contributed by atoms with E-state index in [4.69, 9.17) is 11.5 Å². The van der Waals surface area contributed by atoms with Crippen molar-refractivity contribution >= 4 is 33.7 Å². The van der Waals surface area contributed by atoms with Crippen molar-refractivity contribution in [3.63, 3.8) is 0 Å². The van der Waals surface area contributed by atoms with Crippen LogP contribution < -0.4 is 16.8 Å². The van der Waals surface area contributed by atoms with Crippen LogP contribution in [0.15, 0.2) is 6.20 Å². The Morgan fingerprint density at radius 3 is 2.62 bits per heavy atom. The van der Waals surface area contributed by atoms with Gasteiger partial charge in [0.2, 0.25) is 0 Å². The SMILES string of the molecule is CC(=O)c1sc(NCc2cn(C)nc2C)c(C(N)=O)c1N. The average Bonchev–Trinajstić information content (AvgIpc) is 2.86. The molecule has 21 heavy (non-hydrogen) atoms. The van der Waals surface area contributed by atoms with Crippen LogP contribution in [-0.2, 0) is 13.6 Å². The Labute approximate surface area is 125 Å². The lowest BCUT2D eigenvalue weighted by molar-refractivity contribution is 0.100. The molecular weight excluding hydrogens is 290 g/mol. The zero-order valence-corrected chi connectivity index (χ0v) is 12.9. The van der Waals surface area contributed by atoms with Gasteiger partial charge in [-0.05, 0) is 6.92 Å². The molecule has 2 aromatic heterocycles. The maximum absolute atomic E-state index is 11.5. The number of hydrogen-bond donors (Lipinski definition) is 3. The Morgan fingerprint density at radius 1 is 1.48 bits per heavy atom. The van der Waals surface area contributed by atoms with Crippen LogP contribution in [-0.4, -0.2) is 21.5 Å². The van der Waals surface area contributed by atoms with Crippen LogP contribution in [0.4, 0.5) is 10.7 Å². The lowest BCUT2D eigenvalue weighted by atomic mass is 10.2. The molecule has 0 saturated carbocycles. The molecule has 0 saturated heterocycles. The summed E-state index contributed by atoms with van der Waals surface area (Å²) in [6.45, 7) is 3.77. The Morgan fingerprint density at radius 2 is 2.14 bits per heavy atom. The van der Waals surface area contributed by atoms with Gasteiger partial charge in [0.15, 0.2) is 5.78 Å². The standard InChI is InChI=1S/C13H17N5O2S/c1-6-8(5-18(3)17-6)4-16-13-9(12(15)20)10(14)11(21-13)7(2)19/h5,16H,4,14H2,1-3H3,(H2,15,20). The van der Waals surface area contributed by atoms with Crippen LogP contribution >= 0.6 is 11.3 Å². The second kappa shape index (κ2) is 5.57. The third-order valence-corrected chi connectivity index (χ3v) is 4.33. The molecule has 0 aromatic carbocycles. The number of nitrogens with one attached hydrogen (secondary N) is 1. The first-order valence-corrected chi connectivity index (χ1v) is 7.09. The summed E-state index contributed by atoms with van der Waals surface area (Å²) in [6.07, 6.45) is 1.88. The maximum atomic E-state index is 11.5. The number of anilines is 2. The molecule has 0 radical (unpaired) electrons. The molecule has 0 bridgehead atoms. The molecular formula is C13H17N5O2S. The largest absolute Gasteiger partial charge is 0.397 e. The van der Waals surface area contributed by atoms with E-state index >= 15 is 0 Å². The first kappa shape index (κ1) is 15.0. The fourth-order valence-corrected chi connectivity index (χ4v) is 3.09. The number of hydrogen-bond acceptors (Lipinski definition) is 6. The molecule has 112 valence electrons. The molecule has 2 heterocycles.